The number of ether oxygens (including phenoxy) is 5. The van der Waals surface area contributed by atoms with Crippen LogP contribution < -0.4 is 23.7 Å². The standard InChI is InChI=1S/C27H28O10/c1-3-34-15-9-18(30)16-11-20(32)25(35-21(16)10-15)14-6-19(31)27-23(8-14)36-26(24(12-28)37-27)13-4-5-17(29)22(7-13)33-2/h4-10,20,24-26,28-32H,3,11-12H2,1-2H3. The van der Waals surface area contributed by atoms with E-state index in [1.807, 2.05) is 6.92 Å². The Bertz CT molecular complexity index is 1310. The lowest BCUT2D eigenvalue weighted by atomic mass is 9.93. The van der Waals surface area contributed by atoms with E-state index in [0.717, 1.165) is 0 Å². The first kappa shape index (κ1) is 24.7. The first-order chi connectivity index (χ1) is 17.8. The maximum atomic E-state index is 10.9. The number of phenolic OH excluding ortho intramolecular Hbond substituents is 3. The van der Waals surface area contributed by atoms with Gasteiger partial charge < -0.3 is 49.2 Å². The van der Waals surface area contributed by atoms with Gasteiger partial charge in [0.1, 0.15) is 17.2 Å². The van der Waals surface area contributed by atoms with Crippen molar-refractivity contribution in [2.75, 3.05) is 20.3 Å². The molecule has 2 aliphatic rings. The highest BCUT2D eigenvalue weighted by molar-refractivity contribution is 5.57. The highest BCUT2D eigenvalue weighted by Gasteiger charge is 2.38. The summed E-state index contributed by atoms with van der Waals surface area (Å²) in [7, 11) is 1.42. The molecule has 0 radical (unpaired) electrons. The Kier molecular flexibility index (Phi) is 6.53. The lowest BCUT2D eigenvalue weighted by Gasteiger charge is -2.35. The topological polar surface area (TPSA) is 147 Å². The van der Waals surface area contributed by atoms with Gasteiger partial charge >= 0.3 is 0 Å². The largest absolute Gasteiger partial charge is 0.507 e. The van der Waals surface area contributed by atoms with Crippen molar-refractivity contribution in [3.63, 3.8) is 0 Å². The van der Waals surface area contributed by atoms with E-state index >= 15 is 0 Å². The quantitative estimate of drug-likeness (QED) is 0.334. The number of methoxy groups -OCH3 is 1. The molecule has 10 heteroatoms. The summed E-state index contributed by atoms with van der Waals surface area (Å²) < 4.78 is 28.8. The van der Waals surface area contributed by atoms with Crippen molar-refractivity contribution in [3.05, 3.63) is 59.2 Å². The molecule has 5 N–H and O–H groups in total. The van der Waals surface area contributed by atoms with Gasteiger partial charge in [-0.25, -0.2) is 0 Å². The fourth-order valence-corrected chi connectivity index (χ4v) is 4.68. The molecule has 2 aliphatic heterocycles. The van der Waals surface area contributed by atoms with Gasteiger partial charge in [-0.2, -0.15) is 0 Å². The Morgan fingerprint density at radius 1 is 0.865 bits per heavy atom. The molecular formula is C27H28O10. The number of phenols is 3. The Labute approximate surface area is 212 Å². The fraction of sp³-hybridized carbons (Fsp3) is 0.333. The maximum absolute atomic E-state index is 10.9. The molecule has 196 valence electrons. The minimum atomic E-state index is -1.03. The second kappa shape index (κ2) is 9.79. The number of hydrogen-bond donors (Lipinski definition) is 5. The van der Waals surface area contributed by atoms with Gasteiger partial charge in [0.25, 0.3) is 0 Å². The minimum absolute atomic E-state index is 0.0364. The Balaban J connectivity index is 1.49. The van der Waals surface area contributed by atoms with Crippen LogP contribution in [-0.2, 0) is 6.42 Å². The molecule has 0 spiro atoms. The van der Waals surface area contributed by atoms with Crippen molar-refractivity contribution in [1.82, 2.24) is 0 Å². The Morgan fingerprint density at radius 2 is 1.65 bits per heavy atom. The first-order valence-electron chi connectivity index (χ1n) is 11.8. The van der Waals surface area contributed by atoms with Gasteiger partial charge in [0.05, 0.1) is 26.4 Å². The molecule has 5 rings (SSSR count). The fourth-order valence-electron chi connectivity index (χ4n) is 4.68. The molecule has 0 amide bonds. The van der Waals surface area contributed by atoms with Gasteiger partial charge in [0.2, 0.25) is 5.75 Å². The molecule has 0 aromatic heterocycles. The first-order valence-corrected chi connectivity index (χ1v) is 11.8. The van der Waals surface area contributed by atoms with E-state index in [-0.39, 0.29) is 40.9 Å². The van der Waals surface area contributed by atoms with Crippen LogP contribution in [0.2, 0.25) is 0 Å². The van der Waals surface area contributed by atoms with Crippen LogP contribution in [0.1, 0.15) is 35.8 Å². The molecular weight excluding hydrogens is 484 g/mol. The lowest BCUT2D eigenvalue weighted by molar-refractivity contribution is -0.0151. The van der Waals surface area contributed by atoms with Crippen molar-refractivity contribution < 1.29 is 49.2 Å². The SMILES string of the molecule is CCOc1cc(O)c2c(c1)OC(c1cc(O)c3c(c1)OC(c1ccc(O)c(OC)c1)C(CO)O3)C(O)C2. The minimum Gasteiger partial charge on any atom is -0.507 e. The van der Waals surface area contributed by atoms with Crippen LogP contribution in [0.5, 0.6) is 46.0 Å². The smallest absolute Gasteiger partial charge is 0.203 e. The summed E-state index contributed by atoms with van der Waals surface area (Å²) in [5.41, 5.74) is 1.45. The number of fused-ring (bicyclic) bond motifs is 2. The van der Waals surface area contributed by atoms with E-state index in [1.54, 1.807) is 24.3 Å². The third-order valence-corrected chi connectivity index (χ3v) is 6.45. The molecule has 0 saturated heterocycles. The third-order valence-electron chi connectivity index (χ3n) is 6.45. The van der Waals surface area contributed by atoms with E-state index in [9.17, 15) is 25.5 Å². The second-order valence-corrected chi connectivity index (χ2v) is 8.84. The average molecular weight is 513 g/mol. The molecule has 4 atom stereocenters. The molecule has 3 aromatic rings. The van der Waals surface area contributed by atoms with E-state index in [4.69, 9.17) is 23.7 Å². The molecule has 4 unspecified atom stereocenters. The van der Waals surface area contributed by atoms with Crippen LogP contribution in [0.25, 0.3) is 0 Å². The van der Waals surface area contributed by atoms with Gasteiger partial charge in [-0.05, 0) is 31.2 Å². The van der Waals surface area contributed by atoms with E-state index in [2.05, 4.69) is 0 Å². The van der Waals surface area contributed by atoms with Gasteiger partial charge in [-0.15, -0.1) is 0 Å². The average Bonchev–Trinajstić information content (AvgIpc) is 2.88. The predicted octanol–water partition coefficient (Wildman–Crippen LogP) is 3.12. The molecule has 0 fully saturated rings. The van der Waals surface area contributed by atoms with Crippen LogP contribution in [0.3, 0.4) is 0 Å². The van der Waals surface area contributed by atoms with Crippen LogP contribution in [0.15, 0.2) is 42.5 Å². The Morgan fingerprint density at radius 3 is 2.38 bits per heavy atom. The normalized spacial score (nSPS) is 22.1. The van der Waals surface area contributed by atoms with Gasteiger partial charge in [0, 0.05) is 35.2 Å². The second-order valence-electron chi connectivity index (χ2n) is 8.84. The Hall–Kier alpha value is -4.02. The number of aliphatic hydroxyl groups excluding tert-OH is 2. The van der Waals surface area contributed by atoms with Crippen LogP contribution >= 0.6 is 0 Å². The highest BCUT2D eigenvalue weighted by Crippen LogP contribution is 2.49. The van der Waals surface area contributed by atoms with E-state index < -0.39 is 31.0 Å². The monoisotopic (exact) mass is 512 g/mol. The number of aromatic hydroxyl groups is 3. The summed E-state index contributed by atoms with van der Waals surface area (Å²) in [6.45, 7) is 1.83. The number of aliphatic hydroxyl groups is 2. The van der Waals surface area contributed by atoms with Crippen LogP contribution in [-0.4, -0.2) is 58.1 Å². The summed E-state index contributed by atoms with van der Waals surface area (Å²) in [4.78, 5) is 0. The van der Waals surface area contributed by atoms with Crippen LogP contribution in [0.4, 0.5) is 0 Å². The zero-order chi connectivity index (χ0) is 26.3. The maximum Gasteiger partial charge on any atom is 0.203 e. The summed E-state index contributed by atoms with van der Waals surface area (Å²) in [6.07, 6.45) is -3.42. The van der Waals surface area contributed by atoms with Crippen molar-refractivity contribution in [2.45, 2.75) is 37.8 Å². The van der Waals surface area contributed by atoms with Crippen LogP contribution in [0, 0.1) is 0 Å². The predicted molar refractivity (Wildman–Crippen MR) is 130 cm³/mol. The van der Waals surface area contributed by atoms with Gasteiger partial charge in [-0.3, -0.25) is 0 Å². The molecule has 0 bridgehead atoms. The molecule has 10 nitrogen and oxygen atoms in total. The van der Waals surface area contributed by atoms with Crippen molar-refractivity contribution in [1.29, 1.82) is 0 Å². The highest BCUT2D eigenvalue weighted by atomic mass is 16.6. The van der Waals surface area contributed by atoms with Crippen molar-refractivity contribution >= 4 is 0 Å². The number of hydrogen-bond acceptors (Lipinski definition) is 10. The molecule has 37 heavy (non-hydrogen) atoms. The molecule has 2 heterocycles. The van der Waals surface area contributed by atoms with Gasteiger partial charge in [0.15, 0.2) is 41.3 Å². The van der Waals surface area contributed by atoms with Crippen molar-refractivity contribution in [2.24, 2.45) is 0 Å². The molecule has 0 aliphatic carbocycles. The molecule has 0 saturated carbocycles. The summed E-state index contributed by atoms with van der Waals surface area (Å²) in [5, 5.41) is 51.9. The third kappa shape index (κ3) is 4.49. The molecule has 3 aromatic carbocycles. The van der Waals surface area contributed by atoms with E-state index in [1.165, 1.54) is 25.3 Å². The van der Waals surface area contributed by atoms with Crippen molar-refractivity contribution in [3.8, 4) is 46.0 Å². The van der Waals surface area contributed by atoms with Gasteiger partial charge in [-0.1, -0.05) is 6.07 Å². The summed E-state index contributed by atoms with van der Waals surface area (Å²) in [6, 6.07) is 10.8. The summed E-state index contributed by atoms with van der Waals surface area (Å²) in [5.74, 6) is 0.920. The number of rotatable bonds is 6. The summed E-state index contributed by atoms with van der Waals surface area (Å²) >= 11 is 0. The zero-order valence-electron chi connectivity index (χ0n) is 20.2. The zero-order valence-corrected chi connectivity index (χ0v) is 20.2. The lowest BCUT2D eigenvalue weighted by Crippen LogP contribution is -2.36. The van der Waals surface area contributed by atoms with E-state index in [0.29, 0.717) is 34.8 Å². The number of benzene rings is 3.